The lowest BCUT2D eigenvalue weighted by Gasteiger charge is -2.35. The molecule has 0 heterocycles. The van der Waals surface area contributed by atoms with Gasteiger partial charge >= 0.3 is 11.9 Å². The van der Waals surface area contributed by atoms with Gasteiger partial charge in [0.05, 0.1) is 0 Å². The van der Waals surface area contributed by atoms with Crippen LogP contribution in [0, 0.1) is 0 Å². The number of fused-ring (bicyclic) bond motifs is 1. The summed E-state index contributed by atoms with van der Waals surface area (Å²) in [4.78, 5) is 38.0. The second kappa shape index (κ2) is 15.7. The van der Waals surface area contributed by atoms with E-state index < -0.39 is 11.1 Å². The summed E-state index contributed by atoms with van der Waals surface area (Å²) in [6, 6.07) is 32.8. The summed E-state index contributed by atoms with van der Waals surface area (Å²) in [6.07, 6.45) is 8.82. The van der Waals surface area contributed by atoms with Crippen molar-refractivity contribution in [3.05, 3.63) is 120 Å². The van der Waals surface area contributed by atoms with Crippen LogP contribution in [-0.2, 0) is 32.3 Å². The molecule has 2 fully saturated rings. The van der Waals surface area contributed by atoms with E-state index in [1.54, 1.807) is 0 Å². The number of carbonyl (C=O) groups excluding carboxylic acids is 3. The monoisotopic (exact) mass is 620 g/mol. The van der Waals surface area contributed by atoms with Crippen molar-refractivity contribution in [2.45, 2.75) is 88.5 Å². The largest absolute Gasteiger partial charge is 0.459 e. The molecule has 2 aliphatic carbocycles. The van der Waals surface area contributed by atoms with Gasteiger partial charge in [-0.15, -0.1) is 0 Å². The van der Waals surface area contributed by atoms with E-state index in [1.165, 1.54) is 6.42 Å². The van der Waals surface area contributed by atoms with Crippen LogP contribution >= 0.6 is 0 Å². The van der Waals surface area contributed by atoms with Gasteiger partial charge in [-0.1, -0.05) is 130 Å². The molecule has 0 radical (unpaired) electrons. The number of esters is 2. The highest BCUT2D eigenvalue weighted by Crippen LogP contribution is 2.31. The summed E-state index contributed by atoms with van der Waals surface area (Å²) in [5.74, 6) is -0.814. The number of rotatable bonds is 8. The summed E-state index contributed by atoms with van der Waals surface area (Å²) >= 11 is 0. The summed E-state index contributed by atoms with van der Waals surface area (Å²) in [5, 5.41) is 5.12. The van der Waals surface area contributed by atoms with Crippen molar-refractivity contribution in [2.24, 2.45) is 5.73 Å². The first kappa shape index (κ1) is 32.9. The topological polar surface area (TPSA) is 108 Å². The minimum atomic E-state index is -0.949. The van der Waals surface area contributed by atoms with Gasteiger partial charge in [0.15, 0.2) is 0 Å². The lowest BCUT2D eigenvalue weighted by atomic mass is 9.81. The molecular formula is C39H44N2O5. The quantitative estimate of drug-likeness (QED) is 0.199. The summed E-state index contributed by atoms with van der Waals surface area (Å²) in [6.45, 7) is 0.534. The minimum Gasteiger partial charge on any atom is -0.459 e. The van der Waals surface area contributed by atoms with E-state index in [0.29, 0.717) is 25.0 Å². The molecule has 7 heteroatoms. The van der Waals surface area contributed by atoms with Gasteiger partial charge in [0.25, 0.3) is 5.91 Å². The first-order valence-electron chi connectivity index (χ1n) is 16.4. The SMILES string of the molecule is NC1(C(=O)OCc2ccccc2)CCCCC1.O=C(NC1(C(=O)OCc2ccccc2)CCCCC1)c1ccc2ccccc2c1. The Balaban J connectivity index is 0.000000209. The zero-order valence-electron chi connectivity index (χ0n) is 26.4. The smallest absolute Gasteiger partial charge is 0.332 e. The van der Waals surface area contributed by atoms with Crippen molar-refractivity contribution >= 4 is 28.6 Å². The molecule has 7 nitrogen and oxygen atoms in total. The molecule has 240 valence electrons. The Bertz CT molecular complexity index is 1590. The van der Waals surface area contributed by atoms with Crippen LogP contribution in [0.3, 0.4) is 0 Å². The maximum atomic E-state index is 13.0. The van der Waals surface area contributed by atoms with Crippen molar-refractivity contribution < 1.29 is 23.9 Å². The van der Waals surface area contributed by atoms with E-state index in [0.717, 1.165) is 66.8 Å². The molecule has 3 N–H and O–H groups in total. The van der Waals surface area contributed by atoms with E-state index in [-0.39, 0.29) is 24.5 Å². The number of nitrogens with one attached hydrogen (secondary N) is 1. The number of nitrogens with two attached hydrogens (primary N) is 1. The molecule has 6 rings (SSSR count). The fourth-order valence-electron chi connectivity index (χ4n) is 6.27. The number of hydrogen-bond donors (Lipinski definition) is 2. The molecule has 0 atom stereocenters. The summed E-state index contributed by atoms with van der Waals surface area (Å²) in [5.41, 5.74) is 6.90. The first-order valence-corrected chi connectivity index (χ1v) is 16.4. The zero-order valence-corrected chi connectivity index (χ0v) is 26.4. The predicted octanol–water partition coefficient (Wildman–Crippen LogP) is 7.41. The second-order valence-corrected chi connectivity index (χ2v) is 12.5. The molecule has 1 amide bonds. The van der Waals surface area contributed by atoms with Crippen LogP contribution in [0.1, 0.15) is 85.7 Å². The number of hydrogen-bond acceptors (Lipinski definition) is 6. The van der Waals surface area contributed by atoms with Gasteiger partial charge in [-0.05, 0) is 59.7 Å². The Hall–Kier alpha value is -4.49. The maximum Gasteiger partial charge on any atom is 0.332 e. The van der Waals surface area contributed by atoms with Crippen LogP contribution in [-0.4, -0.2) is 28.9 Å². The average molecular weight is 621 g/mol. The van der Waals surface area contributed by atoms with Crippen molar-refractivity contribution in [3.8, 4) is 0 Å². The normalized spacial score (nSPS) is 16.7. The molecule has 2 aliphatic rings. The number of ether oxygens (including phenoxy) is 2. The van der Waals surface area contributed by atoms with Gasteiger partial charge in [-0.25, -0.2) is 4.79 Å². The van der Waals surface area contributed by atoms with Gasteiger partial charge in [0, 0.05) is 5.56 Å². The van der Waals surface area contributed by atoms with Gasteiger partial charge in [0.1, 0.15) is 24.3 Å². The number of benzene rings is 4. The molecule has 46 heavy (non-hydrogen) atoms. The molecule has 2 saturated carbocycles. The highest BCUT2D eigenvalue weighted by Gasteiger charge is 2.42. The van der Waals surface area contributed by atoms with Crippen molar-refractivity contribution in [1.29, 1.82) is 0 Å². The lowest BCUT2D eigenvalue weighted by Crippen LogP contribution is -2.56. The van der Waals surface area contributed by atoms with Gasteiger partial charge in [-0.2, -0.15) is 0 Å². The van der Waals surface area contributed by atoms with Gasteiger partial charge in [-0.3, -0.25) is 9.59 Å². The molecular weight excluding hydrogens is 576 g/mol. The van der Waals surface area contributed by atoms with E-state index in [4.69, 9.17) is 15.2 Å². The molecule has 0 bridgehead atoms. The Morgan fingerprint density at radius 2 is 1.09 bits per heavy atom. The zero-order chi connectivity index (χ0) is 32.2. The van der Waals surface area contributed by atoms with Crippen LogP contribution < -0.4 is 11.1 Å². The average Bonchev–Trinajstić information content (AvgIpc) is 3.11. The van der Waals surface area contributed by atoms with Gasteiger partial charge in [0.2, 0.25) is 0 Å². The number of carbonyl (C=O) groups is 3. The number of amides is 1. The Kier molecular flexibility index (Phi) is 11.2. The third-order valence-corrected chi connectivity index (χ3v) is 9.04. The molecule has 0 spiro atoms. The van der Waals surface area contributed by atoms with Crippen molar-refractivity contribution in [1.82, 2.24) is 5.32 Å². The van der Waals surface area contributed by atoms with Crippen molar-refractivity contribution in [3.63, 3.8) is 0 Å². The fraction of sp³-hybridized carbons (Fsp3) is 0.359. The van der Waals surface area contributed by atoms with E-state index in [2.05, 4.69) is 5.32 Å². The van der Waals surface area contributed by atoms with Crippen molar-refractivity contribution in [2.75, 3.05) is 0 Å². The van der Waals surface area contributed by atoms with Gasteiger partial charge < -0.3 is 20.5 Å². The summed E-state index contributed by atoms with van der Waals surface area (Å²) in [7, 11) is 0. The van der Waals surface area contributed by atoms with E-state index in [1.807, 2.05) is 103 Å². The van der Waals surface area contributed by atoms with Crippen LogP contribution in [0.15, 0.2) is 103 Å². The van der Waals surface area contributed by atoms with Crippen LogP contribution in [0.4, 0.5) is 0 Å². The van der Waals surface area contributed by atoms with E-state index >= 15 is 0 Å². The molecule has 0 unspecified atom stereocenters. The lowest BCUT2D eigenvalue weighted by molar-refractivity contribution is -0.154. The highest BCUT2D eigenvalue weighted by molar-refractivity contribution is 6.01. The van der Waals surface area contributed by atoms with E-state index in [9.17, 15) is 14.4 Å². The second-order valence-electron chi connectivity index (χ2n) is 12.5. The highest BCUT2D eigenvalue weighted by atomic mass is 16.5. The third kappa shape index (κ3) is 8.61. The molecule has 0 aliphatic heterocycles. The first-order chi connectivity index (χ1) is 22.4. The Morgan fingerprint density at radius 3 is 1.67 bits per heavy atom. The standard InChI is InChI=1S/C25H25NO3.C14H19NO2/c27-23(22-14-13-20-11-5-6-12-21(20)17-22)26-25(15-7-2-8-16-25)24(28)29-18-19-9-3-1-4-10-19;15-14(9-5-2-6-10-14)13(16)17-11-12-7-3-1-4-8-12/h1,3-6,9-14,17H,2,7-8,15-16,18H2,(H,26,27);1,3-4,7-8H,2,5-6,9-11,15H2. The fourth-order valence-corrected chi connectivity index (χ4v) is 6.27. The minimum absolute atomic E-state index is 0.216. The van der Waals surface area contributed by atoms with Crippen LogP contribution in [0.2, 0.25) is 0 Å². The Labute approximate surface area is 271 Å². The molecule has 0 saturated heterocycles. The third-order valence-electron chi connectivity index (χ3n) is 9.04. The predicted molar refractivity (Wildman–Crippen MR) is 180 cm³/mol. The Morgan fingerprint density at radius 1 is 0.587 bits per heavy atom. The molecule has 4 aromatic rings. The molecule has 4 aromatic carbocycles. The maximum absolute atomic E-state index is 13.0. The molecule has 0 aromatic heterocycles. The summed E-state index contributed by atoms with van der Waals surface area (Å²) < 4.78 is 10.9. The van der Waals surface area contributed by atoms with Crippen LogP contribution in [0.25, 0.3) is 10.8 Å². The van der Waals surface area contributed by atoms with Crippen LogP contribution in [0.5, 0.6) is 0 Å².